The van der Waals surface area contributed by atoms with Crippen LogP contribution in [0.4, 0.5) is 11.4 Å². The first kappa shape index (κ1) is 53.2. The molecule has 0 saturated heterocycles. The number of ether oxygens (including phenoxy) is 4. The van der Waals surface area contributed by atoms with Crippen LogP contribution in [0.1, 0.15) is 59.1 Å². The lowest BCUT2D eigenvalue weighted by Gasteiger charge is -2.21. The van der Waals surface area contributed by atoms with E-state index in [0.29, 0.717) is 50.6 Å². The summed E-state index contributed by atoms with van der Waals surface area (Å²) in [6, 6.07) is 42.2. The summed E-state index contributed by atoms with van der Waals surface area (Å²) in [6.45, 7) is 2.32. The number of anilines is 2. The summed E-state index contributed by atoms with van der Waals surface area (Å²) in [7, 11) is -4.49. The second kappa shape index (κ2) is 23.9. The van der Waals surface area contributed by atoms with Crippen molar-refractivity contribution in [2.24, 2.45) is 5.14 Å². The Balaban J connectivity index is 0.000000208. The number of hydrogen-bond acceptors (Lipinski definition) is 12. The van der Waals surface area contributed by atoms with Crippen molar-refractivity contribution in [3.8, 4) is 45.3 Å². The predicted molar refractivity (Wildman–Crippen MR) is 295 cm³/mol. The van der Waals surface area contributed by atoms with Gasteiger partial charge in [0.25, 0.3) is 20.0 Å². The number of benzene rings is 6. The van der Waals surface area contributed by atoms with Crippen LogP contribution >= 0.6 is 0 Å². The van der Waals surface area contributed by atoms with Gasteiger partial charge in [-0.25, -0.2) is 22.0 Å². The Morgan fingerprint density at radius 3 is 1.42 bits per heavy atom. The van der Waals surface area contributed by atoms with Crippen LogP contribution in [-0.2, 0) is 71.9 Å². The second-order valence-corrected chi connectivity index (χ2v) is 22.2. The molecule has 2 aromatic heterocycles. The molecule has 6 aromatic carbocycles. The number of sulfonamides is 2. The summed E-state index contributed by atoms with van der Waals surface area (Å²) in [5, 5.41) is 13.3. The molecule has 0 amide bonds. The fourth-order valence-corrected chi connectivity index (χ4v) is 11.5. The minimum Gasteiger partial charge on any atom is -0.497 e. The van der Waals surface area contributed by atoms with Crippen molar-refractivity contribution in [3.63, 3.8) is 0 Å². The highest BCUT2D eigenvalue weighted by Gasteiger charge is 2.28. The lowest BCUT2D eigenvalue weighted by molar-refractivity contribution is 0.298. The van der Waals surface area contributed by atoms with E-state index >= 15 is 0 Å². The van der Waals surface area contributed by atoms with Gasteiger partial charge in [0.05, 0.1) is 27.4 Å². The maximum Gasteiger partial charge on any atom is 0.262 e. The van der Waals surface area contributed by atoms with Crippen LogP contribution in [-0.4, -0.2) is 68.1 Å². The second-order valence-electron chi connectivity index (χ2n) is 18.8. The van der Waals surface area contributed by atoms with E-state index in [1.165, 1.54) is 39.0 Å². The number of rotatable bonds is 21. The van der Waals surface area contributed by atoms with Gasteiger partial charge in [-0.05, 0) is 144 Å². The first-order chi connectivity index (χ1) is 36.7. The van der Waals surface area contributed by atoms with Crippen molar-refractivity contribution < 1.29 is 35.8 Å². The summed E-state index contributed by atoms with van der Waals surface area (Å²) in [6.07, 6.45) is 11.2. The Kier molecular flexibility index (Phi) is 16.7. The van der Waals surface area contributed by atoms with Crippen LogP contribution in [0.15, 0.2) is 156 Å². The van der Waals surface area contributed by atoms with Crippen molar-refractivity contribution in [3.05, 3.63) is 179 Å². The van der Waals surface area contributed by atoms with Gasteiger partial charge in [-0.2, -0.15) is 14.5 Å². The van der Waals surface area contributed by atoms with Gasteiger partial charge in [-0.15, -0.1) is 0 Å². The fraction of sp³-hybridized carbons (Fsp3) is 0.276. The largest absolute Gasteiger partial charge is 0.497 e. The maximum atomic E-state index is 13.9. The van der Waals surface area contributed by atoms with Crippen LogP contribution < -0.4 is 35.6 Å². The fourth-order valence-electron chi connectivity index (χ4n) is 9.69. The summed E-state index contributed by atoms with van der Waals surface area (Å²) < 4.78 is 77.5. The molecule has 396 valence electrons. The molecule has 0 fully saturated rings. The van der Waals surface area contributed by atoms with Crippen molar-refractivity contribution in [1.82, 2.24) is 23.9 Å². The molecule has 2 heterocycles. The smallest absolute Gasteiger partial charge is 0.262 e. The SMILES string of the molecule is COc1ccc(CN(Cc2ccc(OC)cc2)S(=O)(=O)c2ccn(CCCOc3cccc(-c4ccc5c(c4N)CCC5)c3)n2)cc1.Nc1c(-c2cccc(OCCCn3ccc(S(N)(=O)=O)n3)c2)ccc2c1CCC2. The zero-order valence-corrected chi connectivity index (χ0v) is 44.4. The van der Waals surface area contributed by atoms with Crippen molar-refractivity contribution in [1.29, 1.82) is 0 Å². The quantitative estimate of drug-likeness (QED) is 0.0453. The first-order valence-electron chi connectivity index (χ1n) is 25.4. The van der Waals surface area contributed by atoms with Crippen LogP contribution in [0, 0.1) is 0 Å². The first-order valence-corrected chi connectivity index (χ1v) is 28.4. The van der Waals surface area contributed by atoms with Crippen LogP contribution in [0.5, 0.6) is 23.0 Å². The van der Waals surface area contributed by atoms with Gasteiger partial charge in [-0.1, -0.05) is 72.8 Å². The Hall–Kier alpha value is -7.64. The van der Waals surface area contributed by atoms with E-state index in [4.69, 9.17) is 35.6 Å². The molecule has 0 radical (unpaired) electrons. The normalized spacial score (nSPS) is 12.9. The number of hydrogen-bond donors (Lipinski definition) is 3. The Bertz CT molecular complexity index is 3460. The summed E-state index contributed by atoms with van der Waals surface area (Å²) in [5.41, 5.74) is 25.8. The lowest BCUT2D eigenvalue weighted by Crippen LogP contribution is -2.30. The highest BCUT2D eigenvalue weighted by molar-refractivity contribution is 7.89. The summed E-state index contributed by atoms with van der Waals surface area (Å²) >= 11 is 0. The molecule has 16 nitrogen and oxygen atoms in total. The maximum absolute atomic E-state index is 13.9. The van der Waals surface area contributed by atoms with E-state index in [2.05, 4.69) is 40.5 Å². The van der Waals surface area contributed by atoms with Gasteiger partial charge < -0.3 is 30.4 Å². The lowest BCUT2D eigenvalue weighted by atomic mass is 9.97. The molecular formula is C58H64N8O8S2. The number of nitrogen functional groups attached to an aromatic ring is 2. The van der Waals surface area contributed by atoms with E-state index in [9.17, 15) is 16.8 Å². The molecule has 0 spiro atoms. The third-order valence-electron chi connectivity index (χ3n) is 13.7. The number of fused-ring (bicyclic) bond motifs is 2. The molecule has 0 bridgehead atoms. The zero-order valence-electron chi connectivity index (χ0n) is 42.8. The van der Waals surface area contributed by atoms with Gasteiger partial charge in [-0.3, -0.25) is 9.36 Å². The number of aryl methyl sites for hydroxylation is 4. The van der Waals surface area contributed by atoms with Crippen molar-refractivity contribution in [2.45, 2.75) is 87.6 Å². The average molecular weight is 1070 g/mol. The predicted octanol–water partition coefficient (Wildman–Crippen LogP) is 9.24. The van der Waals surface area contributed by atoms with Crippen molar-refractivity contribution >= 4 is 31.4 Å². The number of nitrogens with two attached hydrogens (primary N) is 3. The highest BCUT2D eigenvalue weighted by Crippen LogP contribution is 2.38. The number of primary sulfonamides is 1. The van der Waals surface area contributed by atoms with Crippen LogP contribution in [0.3, 0.4) is 0 Å². The number of nitrogens with zero attached hydrogens (tertiary/aromatic N) is 5. The molecule has 0 aliphatic heterocycles. The van der Waals surface area contributed by atoms with E-state index in [1.807, 2.05) is 91.0 Å². The summed E-state index contributed by atoms with van der Waals surface area (Å²) in [5.74, 6) is 2.95. The molecule has 0 unspecified atom stereocenters. The molecule has 2 aliphatic carbocycles. The standard InChI is InChI=1S/C37H40N4O5S.C21H24N4O3S/c1-44-31-15-10-27(11-16-31)25-41(26-28-12-17-32(45-2)18-13-28)47(42,43)36-20-22-40(39-36)21-5-23-46-33-8-3-7-30(24-33)35-19-14-29-6-4-9-34(29)37(35)38;22-21-18-7-2-4-15(18)8-9-19(21)16-5-1-6-17(14-16)28-13-3-11-25-12-10-20(24-25)29(23,26)27/h3,7-8,10-20,22,24H,4-6,9,21,23,25-26,38H2,1-2H3;1,5-6,8-10,12,14H,2-4,7,11,13,22H2,(H2,23,26,27). The Morgan fingerprint density at radius 1 is 0.539 bits per heavy atom. The molecule has 6 N–H and O–H groups in total. The molecule has 18 heteroatoms. The van der Waals surface area contributed by atoms with E-state index in [-0.39, 0.29) is 23.1 Å². The molecule has 0 saturated carbocycles. The van der Waals surface area contributed by atoms with Gasteiger partial charge in [0, 0.05) is 73.9 Å². The number of aromatic nitrogens is 4. The van der Waals surface area contributed by atoms with E-state index in [1.54, 1.807) is 42.0 Å². The molecule has 2 aliphatic rings. The van der Waals surface area contributed by atoms with Crippen molar-refractivity contribution in [2.75, 3.05) is 38.9 Å². The molecule has 8 aromatic rings. The molecule has 10 rings (SSSR count). The molecular weight excluding hydrogens is 1000 g/mol. The van der Waals surface area contributed by atoms with Crippen LogP contribution in [0.25, 0.3) is 22.3 Å². The minimum atomic E-state index is -3.92. The highest BCUT2D eigenvalue weighted by atomic mass is 32.2. The Labute approximate surface area is 445 Å². The third-order valence-corrected chi connectivity index (χ3v) is 16.2. The number of methoxy groups -OCH3 is 2. The third kappa shape index (κ3) is 12.9. The van der Waals surface area contributed by atoms with E-state index in [0.717, 1.165) is 88.4 Å². The van der Waals surface area contributed by atoms with Gasteiger partial charge in [0.1, 0.15) is 23.0 Å². The zero-order chi connectivity index (χ0) is 53.2. The van der Waals surface area contributed by atoms with E-state index < -0.39 is 20.0 Å². The average Bonchev–Trinajstić information content (AvgIpc) is 4.30. The topological polar surface area (TPSA) is 222 Å². The monoisotopic (exact) mass is 1060 g/mol. The van der Waals surface area contributed by atoms with Crippen LogP contribution in [0.2, 0.25) is 0 Å². The molecule has 0 atom stereocenters. The Morgan fingerprint density at radius 2 is 0.987 bits per heavy atom. The van der Waals surface area contributed by atoms with Gasteiger partial charge in [0.2, 0.25) is 0 Å². The summed E-state index contributed by atoms with van der Waals surface area (Å²) in [4.78, 5) is 0. The van der Waals surface area contributed by atoms with Gasteiger partial charge in [0.15, 0.2) is 10.1 Å². The minimum absolute atomic E-state index is 0.0000723. The molecule has 76 heavy (non-hydrogen) atoms. The van der Waals surface area contributed by atoms with Gasteiger partial charge >= 0.3 is 0 Å².